The fraction of sp³-hybridized carbons (Fsp3) is 0.433. The molecular weight excluding hydrogens is 506 g/mol. The van der Waals surface area contributed by atoms with Crippen LogP contribution in [-0.4, -0.2) is 66.5 Å². The van der Waals surface area contributed by atoms with Crippen molar-refractivity contribution in [2.45, 2.75) is 64.5 Å². The second-order valence-electron chi connectivity index (χ2n) is 11.7. The van der Waals surface area contributed by atoms with Gasteiger partial charge in [-0.2, -0.15) is 0 Å². The van der Waals surface area contributed by atoms with E-state index < -0.39 is 5.60 Å². The topological polar surface area (TPSA) is 120 Å². The van der Waals surface area contributed by atoms with E-state index in [4.69, 9.17) is 9.72 Å². The Morgan fingerprint density at radius 3 is 2.62 bits per heavy atom. The van der Waals surface area contributed by atoms with Gasteiger partial charge in [0.05, 0.1) is 11.7 Å². The number of para-hydroxylation sites is 1. The standard InChI is InChI=1S/C30H35N7O3/c1-18-26-21-17-24(20-7-5-6-8-25(20)38)34-35-27(21)32-23(26)12-16-37(18)28-31-13-9-22(33-28)19-10-14-36(15-11-19)29(39)40-30(2,3)4/h5-9,13,17-19,38H,10-12,14-16H2,1-4H3,(H,32,35)/t18-/m0/s1. The van der Waals surface area contributed by atoms with Crippen LogP contribution in [0.3, 0.4) is 0 Å². The van der Waals surface area contributed by atoms with Crippen LogP contribution >= 0.6 is 0 Å². The lowest BCUT2D eigenvalue weighted by molar-refractivity contribution is 0.0204. The number of phenols is 1. The Bertz CT molecular complexity index is 1550. The SMILES string of the molecule is C[C@H]1c2c([nH]c3nnc(-c4ccccc4O)cc23)CCN1c1nccc(C2CCN(C(=O)OC(C)(C)C)CC2)n1. The Kier molecular flexibility index (Phi) is 6.56. The number of benzene rings is 1. The molecule has 1 amide bonds. The highest BCUT2D eigenvalue weighted by Crippen LogP contribution is 2.38. The maximum absolute atomic E-state index is 12.5. The Morgan fingerprint density at radius 2 is 1.88 bits per heavy atom. The number of likely N-dealkylation sites (tertiary alicyclic amines) is 1. The number of phenolic OH excluding ortho intramolecular Hbond substituents is 1. The number of aromatic nitrogens is 5. The van der Waals surface area contributed by atoms with Gasteiger partial charge in [-0.1, -0.05) is 12.1 Å². The summed E-state index contributed by atoms with van der Waals surface area (Å²) in [6.07, 6.45) is 4.08. The number of amides is 1. The number of fused-ring (bicyclic) bond motifs is 3. The first-order valence-corrected chi connectivity index (χ1v) is 13.9. The van der Waals surface area contributed by atoms with Crippen LogP contribution in [0.1, 0.15) is 69.4 Å². The van der Waals surface area contributed by atoms with Crippen LogP contribution in [0.15, 0.2) is 42.6 Å². The number of anilines is 1. The number of H-pyrrole nitrogens is 1. The monoisotopic (exact) mass is 541 g/mol. The number of aromatic hydroxyl groups is 1. The highest BCUT2D eigenvalue weighted by molar-refractivity contribution is 5.86. The maximum atomic E-state index is 12.5. The molecule has 6 rings (SSSR count). The van der Waals surface area contributed by atoms with Crippen LogP contribution in [0, 0.1) is 0 Å². The molecule has 2 N–H and O–H groups in total. The third kappa shape index (κ3) is 4.94. The number of nitrogens with one attached hydrogen (secondary N) is 1. The number of hydrogen-bond donors (Lipinski definition) is 2. The van der Waals surface area contributed by atoms with Gasteiger partial charge < -0.3 is 24.6 Å². The fourth-order valence-corrected chi connectivity index (χ4v) is 5.83. The Balaban J connectivity index is 1.23. The van der Waals surface area contributed by atoms with Gasteiger partial charge in [0.25, 0.3) is 0 Å². The van der Waals surface area contributed by atoms with Gasteiger partial charge in [0.1, 0.15) is 11.4 Å². The average Bonchev–Trinajstić information content (AvgIpc) is 3.31. The van der Waals surface area contributed by atoms with Gasteiger partial charge in [-0.15, -0.1) is 10.2 Å². The summed E-state index contributed by atoms with van der Waals surface area (Å²) < 4.78 is 5.55. The zero-order chi connectivity index (χ0) is 28.0. The molecule has 0 spiro atoms. The van der Waals surface area contributed by atoms with Crippen molar-refractivity contribution >= 4 is 23.1 Å². The molecule has 0 bridgehead atoms. The summed E-state index contributed by atoms with van der Waals surface area (Å²) in [6.45, 7) is 9.92. The van der Waals surface area contributed by atoms with Crippen LogP contribution < -0.4 is 4.90 Å². The Morgan fingerprint density at radius 1 is 1.10 bits per heavy atom. The quantitative estimate of drug-likeness (QED) is 0.356. The third-order valence-electron chi connectivity index (χ3n) is 7.83. The van der Waals surface area contributed by atoms with E-state index in [-0.39, 0.29) is 23.8 Å². The van der Waals surface area contributed by atoms with Gasteiger partial charge in [0.2, 0.25) is 5.95 Å². The first-order valence-electron chi connectivity index (χ1n) is 13.9. The molecule has 0 saturated carbocycles. The van der Waals surface area contributed by atoms with E-state index in [2.05, 4.69) is 32.0 Å². The van der Waals surface area contributed by atoms with E-state index in [1.54, 1.807) is 17.0 Å². The molecule has 208 valence electrons. The molecule has 40 heavy (non-hydrogen) atoms. The summed E-state index contributed by atoms with van der Waals surface area (Å²) in [4.78, 5) is 29.7. The van der Waals surface area contributed by atoms with Crippen LogP contribution in [0.5, 0.6) is 5.75 Å². The van der Waals surface area contributed by atoms with Crippen molar-refractivity contribution in [1.29, 1.82) is 0 Å². The van der Waals surface area contributed by atoms with Crippen LogP contribution in [0.25, 0.3) is 22.3 Å². The number of hydrogen-bond acceptors (Lipinski definition) is 8. The molecule has 4 aromatic rings. The van der Waals surface area contributed by atoms with Crippen molar-refractivity contribution < 1.29 is 14.6 Å². The van der Waals surface area contributed by atoms with Gasteiger partial charge in [-0.25, -0.2) is 14.8 Å². The predicted octanol–water partition coefficient (Wildman–Crippen LogP) is 5.36. The second-order valence-corrected chi connectivity index (χ2v) is 11.7. The molecule has 0 aliphatic carbocycles. The average molecular weight is 542 g/mol. The molecule has 0 unspecified atom stereocenters. The molecule has 1 fully saturated rings. The van der Waals surface area contributed by atoms with Crippen molar-refractivity contribution in [3.8, 4) is 17.0 Å². The number of carbonyl (C=O) groups excluding carboxylic acids is 1. The molecule has 1 aromatic carbocycles. The predicted molar refractivity (Wildman–Crippen MR) is 152 cm³/mol. The van der Waals surface area contributed by atoms with E-state index in [9.17, 15) is 9.90 Å². The van der Waals surface area contributed by atoms with Crippen molar-refractivity contribution in [1.82, 2.24) is 30.0 Å². The van der Waals surface area contributed by atoms with Gasteiger partial charge in [0, 0.05) is 66.1 Å². The van der Waals surface area contributed by atoms with Crippen LogP contribution in [0.2, 0.25) is 0 Å². The summed E-state index contributed by atoms with van der Waals surface area (Å²) in [5.41, 5.74) is 4.85. The summed E-state index contributed by atoms with van der Waals surface area (Å²) in [6, 6.07) is 11.2. The zero-order valence-corrected chi connectivity index (χ0v) is 23.4. The first-order chi connectivity index (χ1) is 19.2. The lowest BCUT2D eigenvalue weighted by Crippen LogP contribution is -2.41. The largest absolute Gasteiger partial charge is 0.507 e. The van der Waals surface area contributed by atoms with Gasteiger partial charge in [-0.3, -0.25) is 0 Å². The molecule has 0 radical (unpaired) electrons. The van der Waals surface area contributed by atoms with E-state index in [1.165, 1.54) is 0 Å². The van der Waals surface area contributed by atoms with Gasteiger partial charge >= 0.3 is 6.09 Å². The van der Waals surface area contributed by atoms with Gasteiger partial charge in [0.15, 0.2) is 5.65 Å². The lowest BCUT2D eigenvalue weighted by Gasteiger charge is -2.35. The highest BCUT2D eigenvalue weighted by atomic mass is 16.6. The van der Waals surface area contributed by atoms with E-state index >= 15 is 0 Å². The van der Waals surface area contributed by atoms with Gasteiger partial charge in [-0.05, 0) is 64.8 Å². The van der Waals surface area contributed by atoms with E-state index in [0.717, 1.165) is 53.8 Å². The molecule has 5 heterocycles. The van der Waals surface area contributed by atoms with E-state index in [1.807, 2.05) is 51.2 Å². The minimum atomic E-state index is -0.497. The maximum Gasteiger partial charge on any atom is 0.410 e. The molecule has 2 aliphatic heterocycles. The molecule has 1 saturated heterocycles. The number of aromatic amines is 1. The molecule has 10 nitrogen and oxygen atoms in total. The van der Waals surface area contributed by atoms with Crippen molar-refractivity contribution in [2.75, 3.05) is 24.5 Å². The lowest BCUT2D eigenvalue weighted by atomic mass is 9.93. The number of carbonyl (C=O) groups is 1. The number of nitrogens with zero attached hydrogens (tertiary/aromatic N) is 6. The first kappa shape index (κ1) is 26.0. The van der Waals surface area contributed by atoms with Crippen molar-refractivity contribution in [3.05, 3.63) is 59.5 Å². The number of rotatable bonds is 3. The van der Waals surface area contributed by atoms with Crippen LogP contribution in [0.4, 0.5) is 10.7 Å². The fourth-order valence-electron chi connectivity index (χ4n) is 5.83. The third-order valence-corrected chi connectivity index (χ3v) is 7.83. The van der Waals surface area contributed by atoms with Crippen molar-refractivity contribution in [3.63, 3.8) is 0 Å². The summed E-state index contributed by atoms with van der Waals surface area (Å²) >= 11 is 0. The molecule has 2 aliphatic rings. The van der Waals surface area contributed by atoms with E-state index in [0.29, 0.717) is 30.3 Å². The summed E-state index contributed by atoms with van der Waals surface area (Å²) in [5, 5.41) is 20.2. The normalized spacial score (nSPS) is 18.1. The van der Waals surface area contributed by atoms with Crippen molar-refractivity contribution in [2.24, 2.45) is 0 Å². The summed E-state index contributed by atoms with van der Waals surface area (Å²) in [7, 11) is 0. The summed E-state index contributed by atoms with van der Waals surface area (Å²) in [5.74, 6) is 1.15. The zero-order valence-electron chi connectivity index (χ0n) is 23.4. The smallest absolute Gasteiger partial charge is 0.410 e. The Labute approximate surface area is 233 Å². The highest BCUT2D eigenvalue weighted by Gasteiger charge is 2.32. The molecular formula is C30H35N7O3. The second kappa shape index (κ2) is 10.1. The molecule has 10 heteroatoms. The molecule has 1 atom stereocenters. The molecule has 3 aromatic heterocycles. The minimum absolute atomic E-state index is 0.0168. The number of piperidine rings is 1. The Hall–Kier alpha value is -4.21. The minimum Gasteiger partial charge on any atom is -0.507 e. The van der Waals surface area contributed by atoms with Crippen LogP contribution in [-0.2, 0) is 11.2 Å². The number of ether oxygens (including phenoxy) is 1.